The molecule has 0 radical (unpaired) electrons. The van der Waals surface area contributed by atoms with Crippen LogP contribution in [0.4, 0.5) is 8.78 Å². The number of nitrogens with one attached hydrogen (secondary N) is 1. The van der Waals surface area contributed by atoms with E-state index in [1.807, 2.05) is 0 Å². The number of thioether (sulfide) groups is 1. The van der Waals surface area contributed by atoms with Gasteiger partial charge in [0.15, 0.2) is 0 Å². The van der Waals surface area contributed by atoms with Crippen LogP contribution in [-0.4, -0.2) is 46.7 Å². The summed E-state index contributed by atoms with van der Waals surface area (Å²) in [4.78, 5) is 18.2. The first-order valence-electron chi connectivity index (χ1n) is 7.26. The number of nitrogens with zero attached hydrogens (tertiary/aromatic N) is 2. The van der Waals surface area contributed by atoms with Gasteiger partial charge in [-0.2, -0.15) is 8.78 Å². The summed E-state index contributed by atoms with van der Waals surface area (Å²) in [6.45, 7) is 9.56. The van der Waals surface area contributed by atoms with Gasteiger partial charge in [-0.1, -0.05) is 0 Å². The monoisotopic (exact) mass is 331 g/mol. The molecule has 1 N–H and O–H groups in total. The minimum atomic E-state index is -2.60. The molecule has 0 aromatic carbocycles. The standard InChI is InChI=1S/C15H23F2N3OS/c1-10(2)20(11(3)4)9-8-18-13(21)12-6-5-7-19-14(12)22-15(16)17/h5-7,10-11,15H,8-9H2,1-4H3,(H,18,21). The largest absolute Gasteiger partial charge is 0.351 e. The predicted molar refractivity (Wildman–Crippen MR) is 85.4 cm³/mol. The van der Waals surface area contributed by atoms with Crippen LogP contribution in [0.15, 0.2) is 23.4 Å². The highest BCUT2D eigenvalue weighted by Crippen LogP contribution is 2.26. The van der Waals surface area contributed by atoms with Crippen LogP contribution in [-0.2, 0) is 0 Å². The Morgan fingerprint density at radius 3 is 2.50 bits per heavy atom. The summed E-state index contributed by atoms with van der Waals surface area (Å²) in [5.74, 6) is -2.97. The van der Waals surface area contributed by atoms with Crippen LogP contribution in [0.2, 0.25) is 0 Å². The molecule has 1 aromatic heterocycles. The van der Waals surface area contributed by atoms with Gasteiger partial charge < -0.3 is 5.32 Å². The molecule has 4 nitrogen and oxygen atoms in total. The SMILES string of the molecule is CC(C)N(CCNC(=O)c1cccnc1SC(F)F)C(C)C. The molecule has 0 saturated heterocycles. The minimum absolute atomic E-state index is 0.0552. The van der Waals surface area contributed by atoms with Crippen molar-refractivity contribution < 1.29 is 13.6 Å². The Balaban J connectivity index is 2.63. The summed E-state index contributed by atoms with van der Waals surface area (Å²) in [5.41, 5.74) is 0.188. The fourth-order valence-electron chi connectivity index (χ4n) is 2.25. The Morgan fingerprint density at radius 2 is 1.95 bits per heavy atom. The molecule has 0 atom stereocenters. The van der Waals surface area contributed by atoms with Gasteiger partial charge in [0.05, 0.1) is 5.56 Å². The Labute approximate surface area is 134 Å². The van der Waals surface area contributed by atoms with Gasteiger partial charge in [0.25, 0.3) is 11.7 Å². The highest BCUT2D eigenvalue weighted by atomic mass is 32.2. The summed E-state index contributed by atoms with van der Waals surface area (Å²) in [7, 11) is 0. The highest BCUT2D eigenvalue weighted by Gasteiger charge is 2.17. The molecular formula is C15H23F2N3OS. The van der Waals surface area contributed by atoms with Gasteiger partial charge in [0.1, 0.15) is 5.03 Å². The second-order valence-corrected chi connectivity index (χ2v) is 6.39. The first-order valence-corrected chi connectivity index (χ1v) is 8.14. The molecule has 0 spiro atoms. The Bertz CT molecular complexity index is 476. The molecule has 1 amide bonds. The third kappa shape index (κ3) is 5.88. The highest BCUT2D eigenvalue weighted by molar-refractivity contribution is 7.99. The van der Waals surface area contributed by atoms with Crippen molar-refractivity contribution in [1.82, 2.24) is 15.2 Å². The van der Waals surface area contributed by atoms with Crippen LogP contribution in [0.1, 0.15) is 38.1 Å². The van der Waals surface area contributed by atoms with Gasteiger partial charge in [0.2, 0.25) is 0 Å². The van der Waals surface area contributed by atoms with E-state index < -0.39 is 5.76 Å². The van der Waals surface area contributed by atoms with Gasteiger partial charge in [0, 0.05) is 31.4 Å². The van der Waals surface area contributed by atoms with Crippen molar-refractivity contribution in [3.8, 4) is 0 Å². The quantitative estimate of drug-likeness (QED) is 0.743. The third-order valence-corrected chi connectivity index (χ3v) is 3.93. The molecule has 0 fully saturated rings. The van der Waals surface area contributed by atoms with Gasteiger partial charge in [-0.05, 0) is 51.6 Å². The number of hydrogen-bond acceptors (Lipinski definition) is 4. The maximum atomic E-state index is 12.5. The van der Waals surface area contributed by atoms with E-state index in [1.165, 1.54) is 12.3 Å². The number of pyridine rings is 1. The molecule has 1 heterocycles. The zero-order chi connectivity index (χ0) is 16.7. The Kier molecular flexibility index (Phi) is 7.75. The molecule has 0 bridgehead atoms. The number of rotatable bonds is 8. The first kappa shape index (κ1) is 18.8. The molecule has 0 unspecified atom stereocenters. The van der Waals surface area contributed by atoms with Crippen molar-refractivity contribution in [1.29, 1.82) is 0 Å². The zero-order valence-electron chi connectivity index (χ0n) is 13.3. The fourth-order valence-corrected chi connectivity index (χ4v) is 2.83. The molecule has 0 aliphatic heterocycles. The maximum absolute atomic E-state index is 12.5. The van der Waals surface area contributed by atoms with Crippen molar-refractivity contribution in [2.45, 2.75) is 50.6 Å². The number of amides is 1. The molecule has 1 aromatic rings. The van der Waals surface area contributed by atoms with Crippen molar-refractivity contribution in [3.63, 3.8) is 0 Å². The molecule has 22 heavy (non-hydrogen) atoms. The number of carbonyl (C=O) groups excluding carboxylic acids is 1. The molecular weight excluding hydrogens is 308 g/mol. The molecule has 124 valence electrons. The van der Waals surface area contributed by atoms with E-state index in [-0.39, 0.29) is 28.3 Å². The fraction of sp³-hybridized carbons (Fsp3) is 0.600. The lowest BCUT2D eigenvalue weighted by atomic mass is 10.2. The van der Waals surface area contributed by atoms with E-state index >= 15 is 0 Å². The number of halogens is 2. The van der Waals surface area contributed by atoms with E-state index in [2.05, 4.69) is 42.9 Å². The van der Waals surface area contributed by atoms with Gasteiger partial charge >= 0.3 is 0 Å². The van der Waals surface area contributed by atoms with Crippen molar-refractivity contribution in [2.75, 3.05) is 13.1 Å². The molecule has 7 heteroatoms. The van der Waals surface area contributed by atoms with Gasteiger partial charge in [-0.15, -0.1) is 0 Å². The van der Waals surface area contributed by atoms with E-state index in [0.717, 1.165) is 0 Å². The summed E-state index contributed by atoms with van der Waals surface area (Å²) < 4.78 is 25.0. The summed E-state index contributed by atoms with van der Waals surface area (Å²) in [6.07, 6.45) is 1.40. The lowest BCUT2D eigenvalue weighted by molar-refractivity contribution is 0.0935. The van der Waals surface area contributed by atoms with Crippen LogP contribution < -0.4 is 5.32 Å². The third-order valence-electron chi connectivity index (χ3n) is 3.20. The van der Waals surface area contributed by atoms with Crippen LogP contribution in [0, 0.1) is 0 Å². The smallest absolute Gasteiger partial charge is 0.290 e. The van der Waals surface area contributed by atoms with Crippen molar-refractivity contribution in [3.05, 3.63) is 23.9 Å². The van der Waals surface area contributed by atoms with Crippen LogP contribution in [0.25, 0.3) is 0 Å². The van der Waals surface area contributed by atoms with E-state index in [0.29, 0.717) is 25.2 Å². The van der Waals surface area contributed by atoms with Crippen LogP contribution in [0.3, 0.4) is 0 Å². The lowest BCUT2D eigenvalue weighted by Gasteiger charge is -2.30. The Morgan fingerprint density at radius 1 is 1.32 bits per heavy atom. The number of aromatic nitrogens is 1. The topological polar surface area (TPSA) is 45.2 Å². The van der Waals surface area contributed by atoms with E-state index in [4.69, 9.17) is 0 Å². The molecule has 0 saturated carbocycles. The first-order chi connectivity index (χ1) is 10.3. The van der Waals surface area contributed by atoms with Gasteiger partial charge in [-0.3, -0.25) is 9.69 Å². The zero-order valence-corrected chi connectivity index (χ0v) is 14.2. The van der Waals surface area contributed by atoms with E-state index in [1.54, 1.807) is 6.07 Å². The number of carbonyl (C=O) groups is 1. The number of alkyl halides is 2. The van der Waals surface area contributed by atoms with Crippen LogP contribution >= 0.6 is 11.8 Å². The summed E-state index contributed by atoms with van der Waals surface area (Å²) in [5, 5.41) is 2.83. The normalized spacial score (nSPS) is 11.7. The maximum Gasteiger partial charge on any atom is 0.290 e. The second kappa shape index (κ2) is 9.05. The Hall–Kier alpha value is -1.21. The van der Waals surface area contributed by atoms with Crippen molar-refractivity contribution in [2.24, 2.45) is 0 Å². The number of hydrogen-bond donors (Lipinski definition) is 1. The summed E-state index contributed by atoms with van der Waals surface area (Å²) >= 11 is 0.287. The average Bonchev–Trinajstić information content (AvgIpc) is 2.42. The molecule has 0 aliphatic rings. The second-order valence-electron chi connectivity index (χ2n) is 5.42. The average molecular weight is 331 g/mol. The van der Waals surface area contributed by atoms with Gasteiger partial charge in [-0.25, -0.2) is 4.98 Å². The van der Waals surface area contributed by atoms with Crippen LogP contribution in [0.5, 0.6) is 0 Å². The molecule has 1 rings (SSSR count). The predicted octanol–water partition coefficient (Wildman–Crippen LogP) is 3.24. The summed E-state index contributed by atoms with van der Waals surface area (Å²) in [6, 6.07) is 3.83. The lowest BCUT2D eigenvalue weighted by Crippen LogP contribution is -2.42. The molecule has 0 aliphatic carbocycles. The minimum Gasteiger partial charge on any atom is -0.351 e. The van der Waals surface area contributed by atoms with E-state index in [9.17, 15) is 13.6 Å². The van der Waals surface area contributed by atoms with Crippen molar-refractivity contribution >= 4 is 17.7 Å².